The van der Waals surface area contributed by atoms with Gasteiger partial charge in [-0.15, -0.1) is 0 Å². The van der Waals surface area contributed by atoms with Crippen LogP contribution in [0.2, 0.25) is 0 Å². The van der Waals surface area contributed by atoms with Crippen molar-refractivity contribution >= 4 is 45.9 Å². The molecular weight excluding hydrogens is 429 g/mol. The van der Waals surface area contributed by atoms with Gasteiger partial charge in [0.05, 0.1) is 23.4 Å². The lowest BCUT2D eigenvalue weighted by Gasteiger charge is -2.43. The summed E-state index contributed by atoms with van der Waals surface area (Å²) in [4.78, 5) is 40.2. The maximum atomic E-state index is 13.1. The van der Waals surface area contributed by atoms with Gasteiger partial charge in [0.25, 0.3) is 0 Å². The van der Waals surface area contributed by atoms with E-state index in [1.807, 2.05) is 36.4 Å². The highest BCUT2D eigenvalue weighted by Crippen LogP contribution is 2.57. The first kappa shape index (κ1) is 15.3. The number of halogens is 1. The van der Waals surface area contributed by atoms with Gasteiger partial charge in [0, 0.05) is 15.9 Å². The van der Waals surface area contributed by atoms with Crippen LogP contribution in [0.25, 0.3) is 0 Å². The second-order valence-corrected chi connectivity index (χ2v) is 8.17. The summed E-state index contributed by atoms with van der Waals surface area (Å²) in [7, 11) is 0. The highest BCUT2D eigenvalue weighted by atomic mass is 127. The van der Waals surface area contributed by atoms with Gasteiger partial charge >= 0.3 is 0 Å². The standard InChI is InChI=1S/C20H14INO3/c21-10-5-7-11(8-6-10)22-19(24)17-14-9-15(23)16(18(17)20(22)25)13-4-2-1-3-12(13)14/h1-8,14,16-18H,9H2/t14-,16+,17-,18+/m0/s1. The largest absolute Gasteiger partial charge is 0.299 e. The lowest BCUT2D eigenvalue weighted by atomic mass is 9.56. The number of amides is 2. The van der Waals surface area contributed by atoms with Gasteiger partial charge in [0.15, 0.2) is 0 Å². The molecule has 1 aliphatic heterocycles. The molecule has 4 atom stereocenters. The van der Waals surface area contributed by atoms with Gasteiger partial charge in [-0.1, -0.05) is 24.3 Å². The van der Waals surface area contributed by atoms with Gasteiger partial charge in [-0.05, 0) is 58.0 Å². The first-order chi connectivity index (χ1) is 12.1. The molecule has 0 aromatic heterocycles. The summed E-state index contributed by atoms with van der Waals surface area (Å²) in [5.74, 6) is -1.91. The lowest BCUT2D eigenvalue weighted by Crippen LogP contribution is -2.44. The van der Waals surface area contributed by atoms with Crippen LogP contribution >= 0.6 is 22.6 Å². The topological polar surface area (TPSA) is 54.5 Å². The Kier molecular flexibility index (Phi) is 3.20. The van der Waals surface area contributed by atoms with Gasteiger partial charge in [0.1, 0.15) is 5.78 Å². The van der Waals surface area contributed by atoms with Crippen LogP contribution in [0.4, 0.5) is 5.69 Å². The molecule has 1 heterocycles. The van der Waals surface area contributed by atoms with Crippen molar-refractivity contribution in [3.8, 4) is 0 Å². The predicted octanol–water partition coefficient (Wildman–Crippen LogP) is 3.25. The van der Waals surface area contributed by atoms with E-state index < -0.39 is 17.8 Å². The molecule has 5 heteroatoms. The van der Waals surface area contributed by atoms with Crippen molar-refractivity contribution in [2.45, 2.75) is 18.3 Å². The third kappa shape index (κ3) is 1.96. The molecule has 2 aromatic rings. The number of anilines is 1. The second-order valence-electron chi connectivity index (χ2n) is 6.92. The van der Waals surface area contributed by atoms with Crippen molar-refractivity contribution in [3.63, 3.8) is 0 Å². The van der Waals surface area contributed by atoms with Gasteiger partial charge < -0.3 is 0 Å². The highest BCUT2D eigenvalue weighted by Gasteiger charge is 2.62. The summed E-state index contributed by atoms with van der Waals surface area (Å²) in [6.07, 6.45) is 0.363. The molecular formula is C20H14INO3. The molecule has 25 heavy (non-hydrogen) atoms. The number of nitrogens with zero attached hydrogens (tertiary/aromatic N) is 1. The number of fused-ring (bicyclic) bond motifs is 1. The van der Waals surface area contributed by atoms with Crippen LogP contribution in [-0.4, -0.2) is 17.6 Å². The van der Waals surface area contributed by atoms with Crippen LogP contribution < -0.4 is 4.90 Å². The van der Waals surface area contributed by atoms with Crippen LogP contribution in [0.3, 0.4) is 0 Å². The molecule has 2 amide bonds. The molecule has 1 saturated heterocycles. The number of benzene rings is 2. The SMILES string of the molecule is O=C1C[C@H]2c3ccccc3[C@H]1[C@H]1C(=O)N(c3ccc(I)cc3)C(=O)[C@H]12. The summed E-state index contributed by atoms with van der Waals surface area (Å²) in [6.45, 7) is 0. The molecule has 124 valence electrons. The summed E-state index contributed by atoms with van der Waals surface area (Å²) < 4.78 is 1.04. The Bertz CT molecular complexity index is 936. The Morgan fingerprint density at radius 2 is 1.48 bits per heavy atom. The number of carbonyl (C=O) groups excluding carboxylic acids is 3. The summed E-state index contributed by atoms with van der Waals surface area (Å²) in [5.41, 5.74) is 2.61. The maximum absolute atomic E-state index is 13.1. The zero-order valence-corrected chi connectivity index (χ0v) is 15.3. The molecule has 0 radical (unpaired) electrons. The van der Waals surface area contributed by atoms with E-state index in [9.17, 15) is 14.4 Å². The minimum atomic E-state index is -0.548. The zero-order chi connectivity index (χ0) is 17.3. The minimum Gasteiger partial charge on any atom is -0.299 e. The molecule has 0 unspecified atom stereocenters. The Morgan fingerprint density at radius 3 is 2.20 bits per heavy atom. The fraction of sp³-hybridized carbons (Fsp3) is 0.250. The fourth-order valence-electron chi connectivity index (χ4n) is 4.80. The number of imide groups is 1. The normalized spacial score (nSPS) is 29.8. The van der Waals surface area contributed by atoms with Gasteiger partial charge in [0.2, 0.25) is 11.8 Å². The molecule has 6 rings (SSSR count). The summed E-state index contributed by atoms with van der Waals surface area (Å²) in [5, 5.41) is 0. The number of carbonyl (C=O) groups is 3. The lowest BCUT2D eigenvalue weighted by molar-refractivity contribution is -0.134. The van der Waals surface area contributed by atoms with E-state index in [0.717, 1.165) is 14.7 Å². The number of rotatable bonds is 1. The molecule has 2 aromatic carbocycles. The monoisotopic (exact) mass is 443 g/mol. The van der Waals surface area contributed by atoms with Crippen LogP contribution in [0.1, 0.15) is 29.4 Å². The minimum absolute atomic E-state index is 0.0931. The second kappa shape index (κ2) is 5.24. The van der Waals surface area contributed by atoms with E-state index in [0.29, 0.717) is 12.1 Å². The number of Topliss-reactive ketones (excluding diaryl/α,β-unsaturated/α-hetero) is 1. The van der Waals surface area contributed by atoms with E-state index in [1.165, 1.54) is 4.90 Å². The van der Waals surface area contributed by atoms with E-state index in [4.69, 9.17) is 0 Å². The van der Waals surface area contributed by atoms with Gasteiger partial charge in [-0.25, -0.2) is 0 Å². The van der Waals surface area contributed by atoms with Crippen molar-refractivity contribution in [3.05, 3.63) is 63.2 Å². The van der Waals surface area contributed by atoms with Crippen LogP contribution in [0, 0.1) is 15.4 Å². The maximum Gasteiger partial charge on any atom is 0.238 e. The molecule has 4 aliphatic rings. The first-order valence-corrected chi connectivity index (χ1v) is 9.40. The van der Waals surface area contributed by atoms with Crippen molar-refractivity contribution < 1.29 is 14.4 Å². The van der Waals surface area contributed by atoms with Crippen LogP contribution in [0.15, 0.2) is 48.5 Å². The molecule has 1 saturated carbocycles. The Hall–Kier alpha value is -2.02. The molecule has 2 fully saturated rings. The van der Waals surface area contributed by atoms with Gasteiger partial charge in [-0.2, -0.15) is 0 Å². The fourth-order valence-corrected chi connectivity index (χ4v) is 5.16. The summed E-state index contributed by atoms with van der Waals surface area (Å²) in [6, 6.07) is 15.1. The smallest absolute Gasteiger partial charge is 0.238 e. The Labute approximate surface area is 158 Å². The third-order valence-electron chi connectivity index (χ3n) is 5.77. The van der Waals surface area contributed by atoms with Crippen molar-refractivity contribution in [1.29, 1.82) is 0 Å². The van der Waals surface area contributed by atoms with Crippen LogP contribution in [-0.2, 0) is 14.4 Å². The molecule has 4 nitrogen and oxygen atoms in total. The predicted molar refractivity (Wildman–Crippen MR) is 100 cm³/mol. The number of ketones is 1. The average molecular weight is 443 g/mol. The average Bonchev–Trinajstić information content (AvgIpc) is 2.88. The van der Waals surface area contributed by atoms with E-state index in [2.05, 4.69) is 22.6 Å². The van der Waals surface area contributed by atoms with Crippen molar-refractivity contribution in [1.82, 2.24) is 0 Å². The van der Waals surface area contributed by atoms with Crippen molar-refractivity contribution in [2.24, 2.45) is 11.8 Å². The number of hydrogen-bond donors (Lipinski definition) is 0. The Balaban J connectivity index is 1.65. The third-order valence-corrected chi connectivity index (χ3v) is 6.49. The van der Waals surface area contributed by atoms with E-state index >= 15 is 0 Å². The van der Waals surface area contributed by atoms with E-state index in [1.54, 1.807) is 12.1 Å². The van der Waals surface area contributed by atoms with Crippen LogP contribution in [0.5, 0.6) is 0 Å². The van der Waals surface area contributed by atoms with Crippen molar-refractivity contribution in [2.75, 3.05) is 4.90 Å². The molecule has 2 bridgehead atoms. The first-order valence-electron chi connectivity index (χ1n) is 8.33. The Morgan fingerprint density at radius 1 is 0.840 bits per heavy atom. The number of hydrogen-bond acceptors (Lipinski definition) is 3. The molecule has 3 aliphatic carbocycles. The quantitative estimate of drug-likeness (QED) is 0.503. The molecule has 0 N–H and O–H groups in total. The zero-order valence-electron chi connectivity index (χ0n) is 13.2. The van der Waals surface area contributed by atoms with E-state index in [-0.39, 0.29) is 23.5 Å². The molecule has 0 spiro atoms. The highest BCUT2D eigenvalue weighted by molar-refractivity contribution is 14.1. The summed E-state index contributed by atoms with van der Waals surface area (Å²) >= 11 is 2.19. The van der Waals surface area contributed by atoms with Gasteiger partial charge in [-0.3, -0.25) is 19.3 Å².